The lowest BCUT2D eigenvalue weighted by Gasteiger charge is -2.24. The Morgan fingerprint density at radius 1 is 1.43 bits per heavy atom. The molecule has 1 heterocycles. The van der Waals surface area contributed by atoms with E-state index in [1.165, 1.54) is 12.1 Å². The minimum absolute atomic E-state index is 0.0355. The maximum Gasteiger partial charge on any atom is 0.243 e. The number of amides is 1. The first kappa shape index (κ1) is 17.2. The number of carbonyl (C=O) groups excluding carboxylic acids is 1. The van der Waals surface area contributed by atoms with Crippen molar-refractivity contribution < 1.29 is 13.9 Å². The molecule has 0 saturated carbocycles. The minimum atomic E-state index is -0.391. The Kier molecular flexibility index (Phi) is 5.92. The summed E-state index contributed by atoms with van der Waals surface area (Å²) in [6, 6.07) is 5.77. The number of nitrogens with one attached hydrogen (secondary N) is 3. The molecule has 1 amide bonds. The molecule has 0 aliphatic carbocycles. The van der Waals surface area contributed by atoms with Gasteiger partial charge in [-0.3, -0.25) is 9.79 Å². The molecule has 1 fully saturated rings. The predicted octanol–water partition coefficient (Wildman–Crippen LogP) is 1.50. The summed E-state index contributed by atoms with van der Waals surface area (Å²) < 4.78 is 18.8. The topological polar surface area (TPSA) is 74.8 Å². The van der Waals surface area contributed by atoms with Crippen LogP contribution in [0.2, 0.25) is 0 Å². The first-order valence-electron chi connectivity index (χ1n) is 7.65. The SMILES string of the molecule is CN=C(NCC(=O)Nc1cccc(F)c1)NCC1(C)CCCO1. The molecule has 1 saturated heterocycles. The van der Waals surface area contributed by atoms with Gasteiger partial charge in [-0.1, -0.05) is 6.07 Å². The summed E-state index contributed by atoms with van der Waals surface area (Å²) in [7, 11) is 1.64. The van der Waals surface area contributed by atoms with Crippen molar-refractivity contribution in [3.8, 4) is 0 Å². The summed E-state index contributed by atoms with van der Waals surface area (Å²) in [5.74, 6) is -0.143. The summed E-state index contributed by atoms with van der Waals surface area (Å²) in [6.07, 6.45) is 2.05. The van der Waals surface area contributed by atoms with Gasteiger partial charge in [0.15, 0.2) is 5.96 Å². The zero-order valence-corrected chi connectivity index (χ0v) is 13.5. The minimum Gasteiger partial charge on any atom is -0.373 e. The van der Waals surface area contributed by atoms with Crippen molar-refractivity contribution in [3.63, 3.8) is 0 Å². The van der Waals surface area contributed by atoms with Gasteiger partial charge in [0.25, 0.3) is 0 Å². The summed E-state index contributed by atoms with van der Waals surface area (Å²) in [5, 5.41) is 8.69. The van der Waals surface area contributed by atoms with E-state index in [2.05, 4.69) is 27.9 Å². The van der Waals surface area contributed by atoms with Crippen LogP contribution in [-0.4, -0.2) is 44.2 Å². The molecule has 0 aromatic heterocycles. The lowest BCUT2D eigenvalue weighted by Crippen LogP contribution is -2.47. The Bertz CT molecular complexity index is 571. The van der Waals surface area contributed by atoms with Crippen LogP contribution >= 0.6 is 0 Å². The lowest BCUT2D eigenvalue weighted by molar-refractivity contribution is -0.115. The molecule has 0 radical (unpaired) electrons. The largest absolute Gasteiger partial charge is 0.373 e. The standard InChI is InChI=1S/C16H23FN4O2/c1-16(7-4-8-23-16)11-20-15(18-2)19-10-14(22)21-13-6-3-5-12(17)9-13/h3,5-6,9H,4,7-8,10-11H2,1-2H3,(H,21,22)(H2,18,19,20). The number of guanidine groups is 1. The number of halogens is 1. The maximum absolute atomic E-state index is 13.1. The van der Waals surface area contributed by atoms with E-state index < -0.39 is 5.82 Å². The van der Waals surface area contributed by atoms with Gasteiger partial charge in [0.1, 0.15) is 5.82 Å². The second kappa shape index (κ2) is 7.92. The summed E-state index contributed by atoms with van der Waals surface area (Å²) in [4.78, 5) is 15.9. The van der Waals surface area contributed by atoms with Crippen LogP contribution in [0.4, 0.5) is 10.1 Å². The number of rotatable bonds is 5. The van der Waals surface area contributed by atoms with Crippen molar-refractivity contribution in [1.82, 2.24) is 10.6 Å². The molecule has 1 aromatic carbocycles. The molecule has 7 heteroatoms. The number of aliphatic imine (C=N–C) groups is 1. The zero-order valence-electron chi connectivity index (χ0n) is 13.5. The van der Waals surface area contributed by atoms with Gasteiger partial charge >= 0.3 is 0 Å². The number of carbonyl (C=O) groups is 1. The summed E-state index contributed by atoms with van der Waals surface area (Å²) in [5.41, 5.74) is 0.230. The first-order chi connectivity index (χ1) is 11.0. The summed E-state index contributed by atoms with van der Waals surface area (Å²) in [6.45, 7) is 3.49. The van der Waals surface area contributed by atoms with Crippen LogP contribution in [-0.2, 0) is 9.53 Å². The number of hydrogen-bond donors (Lipinski definition) is 3. The fourth-order valence-corrected chi connectivity index (χ4v) is 2.40. The van der Waals surface area contributed by atoms with Crippen LogP contribution in [0.3, 0.4) is 0 Å². The molecule has 1 unspecified atom stereocenters. The molecule has 3 N–H and O–H groups in total. The second-order valence-corrected chi connectivity index (χ2v) is 5.74. The van der Waals surface area contributed by atoms with E-state index >= 15 is 0 Å². The molecule has 6 nitrogen and oxygen atoms in total. The van der Waals surface area contributed by atoms with E-state index in [-0.39, 0.29) is 18.1 Å². The molecule has 2 rings (SSSR count). The Morgan fingerprint density at radius 2 is 2.26 bits per heavy atom. The van der Waals surface area contributed by atoms with E-state index in [0.29, 0.717) is 18.2 Å². The Balaban J connectivity index is 1.75. The number of anilines is 1. The third-order valence-electron chi connectivity index (χ3n) is 3.68. The van der Waals surface area contributed by atoms with Gasteiger partial charge in [0.2, 0.25) is 5.91 Å². The fourth-order valence-electron chi connectivity index (χ4n) is 2.40. The van der Waals surface area contributed by atoms with Crippen molar-refractivity contribution in [1.29, 1.82) is 0 Å². The molecule has 1 atom stereocenters. The van der Waals surface area contributed by atoms with Gasteiger partial charge < -0.3 is 20.7 Å². The van der Waals surface area contributed by atoms with E-state index in [1.807, 2.05) is 0 Å². The molecular formula is C16H23FN4O2. The fraction of sp³-hybridized carbons (Fsp3) is 0.500. The van der Waals surface area contributed by atoms with E-state index in [9.17, 15) is 9.18 Å². The second-order valence-electron chi connectivity index (χ2n) is 5.74. The highest BCUT2D eigenvalue weighted by Crippen LogP contribution is 2.23. The molecule has 1 aliphatic heterocycles. The number of hydrogen-bond acceptors (Lipinski definition) is 3. The summed E-state index contributed by atoms with van der Waals surface area (Å²) >= 11 is 0. The van der Waals surface area contributed by atoms with Crippen molar-refractivity contribution in [2.45, 2.75) is 25.4 Å². The van der Waals surface area contributed by atoms with Gasteiger partial charge in [0.05, 0.1) is 12.1 Å². The Hall–Kier alpha value is -2.15. The van der Waals surface area contributed by atoms with Crippen molar-refractivity contribution in [2.24, 2.45) is 4.99 Å². The van der Waals surface area contributed by atoms with Gasteiger partial charge in [0, 0.05) is 25.9 Å². The third-order valence-corrected chi connectivity index (χ3v) is 3.68. The maximum atomic E-state index is 13.1. The van der Waals surface area contributed by atoms with E-state index in [4.69, 9.17) is 4.74 Å². The molecule has 1 aliphatic rings. The monoisotopic (exact) mass is 322 g/mol. The lowest BCUT2D eigenvalue weighted by atomic mass is 10.0. The highest BCUT2D eigenvalue weighted by Gasteiger charge is 2.29. The molecule has 1 aromatic rings. The van der Waals surface area contributed by atoms with Gasteiger partial charge in [-0.15, -0.1) is 0 Å². The van der Waals surface area contributed by atoms with Gasteiger partial charge in [-0.05, 0) is 38.0 Å². The van der Waals surface area contributed by atoms with Crippen LogP contribution in [0.5, 0.6) is 0 Å². The molecular weight excluding hydrogens is 299 g/mol. The molecule has 0 bridgehead atoms. The van der Waals surface area contributed by atoms with Crippen LogP contribution in [0.1, 0.15) is 19.8 Å². The average Bonchev–Trinajstić information content (AvgIpc) is 2.94. The van der Waals surface area contributed by atoms with Crippen molar-refractivity contribution in [2.75, 3.05) is 32.1 Å². The van der Waals surface area contributed by atoms with E-state index in [0.717, 1.165) is 19.4 Å². The predicted molar refractivity (Wildman–Crippen MR) is 88.0 cm³/mol. The normalized spacial score (nSPS) is 21.1. The highest BCUT2D eigenvalue weighted by atomic mass is 19.1. The molecule has 126 valence electrons. The van der Waals surface area contributed by atoms with Crippen LogP contribution < -0.4 is 16.0 Å². The quantitative estimate of drug-likeness (QED) is 0.567. The number of benzene rings is 1. The first-order valence-corrected chi connectivity index (χ1v) is 7.65. The van der Waals surface area contributed by atoms with Crippen molar-refractivity contribution in [3.05, 3.63) is 30.1 Å². The highest BCUT2D eigenvalue weighted by molar-refractivity contribution is 5.94. The average molecular weight is 322 g/mol. The molecule has 23 heavy (non-hydrogen) atoms. The smallest absolute Gasteiger partial charge is 0.243 e. The molecule has 0 spiro atoms. The number of nitrogens with zero attached hydrogens (tertiary/aromatic N) is 1. The van der Waals surface area contributed by atoms with Crippen LogP contribution in [0, 0.1) is 5.82 Å². The zero-order chi connectivity index (χ0) is 16.7. The number of ether oxygens (including phenoxy) is 1. The van der Waals surface area contributed by atoms with Gasteiger partial charge in [-0.25, -0.2) is 4.39 Å². The van der Waals surface area contributed by atoms with Gasteiger partial charge in [-0.2, -0.15) is 0 Å². The van der Waals surface area contributed by atoms with Crippen molar-refractivity contribution >= 4 is 17.6 Å². The van der Waals surface area contributed by atoms with Crippen LogP contribution in [0.25, 0.3) is 0 Å². The Morgan fingerprint density at radius 3 is 2.91 bits per heavy atom. The third kappa shape index (κ3) is 5.52. The Labute approximate surface area is 135 Å². The van der Waals surface area contributed by atoms with E-state index in [1.54, 1.807) is 19.2 Å². The van der Waals surface area contributed by atoms with Crippen LogP contribution in [0.15, 0.2) is 29.3 Å².